The van der Waals surface area contributed by atoms with Crippen LogP contribution in [-0.4, -0.2) is 0 Å². The summed E-state index contributed by atoms with van der Waals surface area (Å²) in [4.78, 5) is 2.40. The van der Waals surface area contributed by atoms with E-state index in [9.17, 15) is 0 Å². The molecule has 0 amide bonds. The lowest BCUT2D eigenvalue weighted by molar-refractivity contribution is 1.30. The lowest BCUT2D eigenvalue weighted by Crippen LogP contribution is -2.10. The maximum atomic E-state index is 2.40. The van der Waals surface area contributed by atoms with Crippen molar-refractivity contribution in [2.45, 2.75) is 0 Å². The average Bonchev–Trinajstić information content (AvgIpc) is 3.18. The summed E-state index contributed by atoms with van der Waals surface area (Å²) in [6.45, 7) is 0. The van der Waals surface area contributed by atoms with Gasteiger partial charge in [-0.1, -0.05) is 158 Å². The zero-order chi connectivity index (χ0) is 32.6. The molecule has 230 valence electrons. The first-order chi connectivity index (χ1) is 24.3. The average molecular weight is 624 g/mol. The van der Waals surface area contributed by atoms with Gasteiger partial charge >= 0.3 is 0 Å². The van der Waals surface area contributed by atoms with E-state index in [-0.39, 0.29) is 0 Å². The van der Waals surface area contributed by atoms with Crippen molar-refractivity contribution in [3.63, 3.8) is 0 Å². The first-order valence-electron chi connectivity index (χ1n) is 16.8. The fourth-order valence-electron chi connectivity index (χ4n) is 7.17. The highest BCUT2D eigenvalue weighted by Gasteiger charge is 2.17. The lowest BCUT2D eigenvalue weighted by Gasteiger charge is -2.27. The van der Waals surface area contributed by atoms with E-state index in [0.29, 0.717) is 0 Å². The summed E-state index contributed by atoms with van der Waals surface area (Å²) in [5, 5.41) is 7.46. The highest BCUT2D eigenvalue weighted by molar-refractivity contribution is 6.01. The fourth-order valence-corrected chi connectivity index (χ4v) is 7.17. The Balaban J connectivity index is 1.14. The Morgan fingerprint density at radius 2 is 0.816 bits per heavy atom. The van der Waals surface area contributed by atoms with Gasteiger partial charge in [0.05, 0.1) is 5.69 Å². The van der Waals surface area contributed by atoms with Gasteiger partial charge in [0, 0.05) is 16.8 Å². The molecular formula is C48H33N. The highest BCUT2D eigenvalue weighted by Crippen LogP contribution is 2.41. The molecular weight excluding hydrogens is 591 g/mol. The molecule has 0 atom stereocenters. The van der Waals surface area contributed by atoms with Crippen LogP contribution in [0.4, 0.5) is 17.1 Å². The summed E-state index contributed by atoms with van der Waals surface area (Å²) in [6, 6.07) is 72.5. The van der Waals surface area contributed by atoms with E-state index in [4.69, 9.17) is 0 Å². The Labute approximate surface area is 287 Å². The Bertz CT molecular complexity index is 2600. The second-order valence-electron chi connectivity index (χ2n) is 12.6. The first-order valence-corrected chi connectivity index (χ1v) is 16.8. The van der Waals surface area contributed by atoms with Crippen molar-refractivity contribution in [1.82, 2.24) is 0 Å². The van der Waals surface area contributed by atoms with Crippen LogP contribution in [0, 0.1) is 0 Å². The SMILES string of the molecule is c1cc(-c2ccc(N(c3cccc(-c4cccc5ccccc45)c3)c3cccc4ccccc34)cc2)cc(-c2ccc3ccccc3c2)c1. The summed E-state index contributed by atoms with van der Waals surface area (Å²) >= 11 is 0. The molecule has 0 unspecified atom stereocenters. The minimum Gasteiger partial charge on any atom is -0.310 e. The second kappa shape index (κ2) is 12.3. The van der Waals surface area contributed by atoms with E-state index in [1.807, 2.05) is 0 Å². The van der Waals surface area contributed by atoms with E-state index < -0.39 is 0 Å². The van der Waals surface area contributed by atoms with Crippen LogP contribution in [0.1, 0.15) is 0 Å². The van der Waals surface area contributed by atoms with Crippen molar-refractivity contribution >= 4 is 49.4 Å². The van der Waals surface area contributed by atoms with Crippen molar-refractivity contribution in [3.05, 3.63) is 200 Å². The Morgan fingerprint density at radius 1 is 0.265 bits per heavy atom. The van der Waals surface area contributed by atoms with Gasteiger partial charge in [0.1, 0.15) is 0 Å². The van der Waals surface area contributed by atoms with Gasteiger partial charge in [-0.15, -0.1) is 0 Å². The van der Waals surface area contributed by atoms with Crippen LogP contribution < -0.4 is 4.90 Å². The molecule has 0 N–H and O–H groups in total. The van der Waals surface area contributed by atoms with Crippen molar-refractivity contribution in [2.24, 2.45) is 0 Å². The summed E-state index contributed by atoms with van der Waals surface area (Å²) < 4.78 is 0. The molecule has 0 aromatic heterocycles. The lowest BCUT2D eigenvalue weighted by atomic mass is 9.96. The summed E-state index contributed by atoms with van der Waals surface area (Å²) in [7, 11) is 0. The third-order valence-corrected chi connectivity index (χ3v) is 9.62. The molecule has 0 bridgehead atoms. The van der Waals surface area contributed by atoms with Crippen LogP contribution >= 0.6 is 0 Å². The molecule has 0 radical (unpaired) electrons. The Morgan fingerprint density at radius 3 is 1.63 bits per heavy atom. The first kappa shape index (κ1) is 28.8. The quantitative estimate of drug-likeness (QED) is 0.178. The van der Waals surface area contributed by atoms with Gasteiger partial charge in [0.2, 0.25) is 0 Å². The second-order valence-corrected chi connectivity index (χ2v) is 12.6. The van der Waals surface area contributed by atoms with Gasteiger partial charge in [-0.2, -0.15) is 0 Å². The zero-order valence-corrected chi connectivity index (χ0v) is 27.0. The largest absolute Gasteiger partial charge is 0.310 e. The number of rotatable bonds is 6. The summed E-state index contributed by atoms with van der Waals surface area (Å²) in [5.41, 5.74) is 10.6. The van der Waals surface area contributed by atoms with Crippen molar-refractivity contribution in [2.75, 3.05) is 4.90 Å². The summed E-state index contributed by atoms with van der Waals surface area (Å²) in [6.07, 6.45) is 0. The van der Waals surface area contributed by atoms with Crippen LogP contribution in [0.15, 0.2) is 200 Å². The standard InChI is InChI=1S/C48H33N/c1-2-14-38-32-41(26-25-34(38)11-1)40-18-7-17-39(31-40)35-27-29-43(30-28-35)49(48-24-10-16-37-13-4-6-22-47(37)48)44-20-8-19-42(33-44)46-23-9-15-36-12-3-5-21-45(36)46/h1-33H. The molecule has 0 saturated carbocycles. The maximum Gasteiger partial charge on any atom is 0.0540 e. The number of nitrogens with zero attached hydrogens (tertiary/aromatic N) is 1. The molecule has 0 aliphatic heterocycles. The summed E-state index contributed by atoms with van der Waals surface area (Å²) in [5.74, 6) is 0. The molecule has 49 heavy (non-hydrogen) atoms. The van der Waals surface area contributed by atoms with Crippen molar-refractivity contribution in [1.29, 1.82) is 0 Å². The maximum absolute atomic E-state index is 2.40. The molecule has 0 saturated heterocycles. The molecule has 9 rings (SSSR count). The van der Waals surface area contributed by atoms with Crippen molar-refractivity contribution in [3.8, 4) is 33.4 Å². The van der Waals surface area contributed by atoms with Gasteiger partial charge in [-0.05, 0) is 103 Å². The number of hydrogen-bond donors (Lipinski definition) is 0. The van der Waals surface area contributed by atoms with Gasteiger partial charge in [0.15, 0.2) is 0 Å². The molecule has 0 heterocycles. The van der Waals surface area contributed by atoms with Crippen molar-refractivity contribution < 1.29 is 0 Å². The Hall–Kier alpha value is -6.44. The normalized spacial score (nSPS) is 11.3. The Kier molecular flexibility index (Phi) is 7.22. The molecule has 1 nitrogen and oxygen atoms in total. The van der Waals surface area contributed by atoms with Crippen LogP contribution in [0.2, 0.25) is 0 Å². The molecule has 9 aromatic carbocycles. The third kappa shape index (κ3) is 5.42. The van der Waals surface area contributed by atoms with Gasteiger partial charge < -0.3 is 4.90 Å². The number of hydrogen-bond acceptors (Lipinski definition) is 1. The predicted octanol–water partition coefficient (Wildman–Crippen LogP) is 13.6. The van der Waals surface area contributed by atoms with Gasteiger partial charge in [0.25, 0.3) is 0 Å². The monoisotopic (exact) mass is 623 g/mol. The predicted molar refractivity (Wildman–Crippen MR) is 210 cm³/mol. The molecule has 0 fully saturated rings. The fraction of sp³-hybridized carbons (Fsp3) is 0. The van der Waals surface area contributed by atoms with Crippen LogP contribution in [0.3, 0.4) is 0 Å². The molecule has 1 heteroatoms. The van der Waals surface area contributed by atoms with Gasteiger partial charge in [-0.3, -0.25) is 0 Å². The van der Waals surface area contributed by atoms with E-state index in [1.165, 1.54) is 65.7 Å². The molecule has 0 spiro atoms. The van der Waals surface area contributed by atoms with E-state index in [0.717, 1.165) is 17.1 Å². The van der Waals surface area contributed by atoms with E-state index in [1.54, 1.807) is 0 Å². The number of anilines is 3. The molecule has 0 aliphatic rings. The van der Waals surface area contributed by atoms with Crippen LogP contribution in [0.5, 0.6) is 0 Å². The molecule has 0 aliphatic carbocycles. The topological polar surface area (TPSA) is 3.24 Å². The number of fused-ring (bicyclic) bond motifs is 3. The van der Waals surface area contributed by atoms with Crippen LogP contribution in [0.25, 0.3) is 65.7 Å². The minimum atomic E-state index is 1.11. The van der Waals surface area contributed by atoms with E-state index in [2.05, 4.69) is 205 Å². The highest BCUT2D eigenvalue weighted by atomic mass is 15.1. The third-order valence-electron chi connectivity index (χ3n) is 9.62. The number of benzene rings is 9. The van der Waals surface area contributed by atoms with E-state index >= 15 is 0 Å². The minimum absolute atomic E-state index is 1.11. The van der Waals surface area contributed by atoms with Crippen LogP contribution in [-0.2, 0) is 0 Å². The van der Waals surface area contributed by atoms with Gasteiger partial charge in [-0.25, -0.2) is 0 Å². The smallest absolute Gasteiger partial charge is 0.0540 e. The zero-order valence-electron chi connectivity index (χ0n) is 27.0. The molecule has 9 aromatic rings.